The molecule has 2 aromatic carbocycles. The molecule has 2 aromatic rings. The van der Waals surface area contributed by atoms with Crippen LogP contribution in [-0.2, 0) is 14.8 Å². The lowest BCUT2D eigenvalue weighted by Gasteiger charge is -2.01. The maximum Gasteiger partial charge on any atom is 0.285 e. The predicted molar refractivity (Wildman–Crippen MR) is 100 cm³/mol. The van der Waals surface area contributed by atoms with Crippen LogP contribution in [0.25, 0.3) is 0 Å². The van der Waals surface area contributed by atoms with Crippen molar-refractivity contribution in [3.63, 3.8) is 0 Å². The number of nitrogens with two attached hydrogens (primary N) is 1. The van der Waals surface area contributed by atoms with Gasteiger partial charge in [0.05, 0.1) is 4.90 Å². The van der Waals surface area contributed by atoms with Crippen LogP contribution in [-0.4, -0.2) is 26.1 Å². The number of hydrogen-bond donors (Lipinski definition) is 3. The largest absolute Gasteiger partial charge is 0.399 e. The topological polar surface area (TPSA) is 131 Å². The fourth-order valence-corrected chi connectivity index (χ4v) is 3.20. The van der Waals surface area contributed by atoms with E-state index in [0.29, 0.717) is 11.3 Å². The first-order chi connectivity index (χ1) is 12.7. The molecule has 1 aliphatic rings. The van der Waals surface area contributed by atoms with Crippen LogP contribution in [0.2, 0.25) is 0 Å². The van der Waals surface area contributed by atoms with Crippen molar-refractivity contribution in [1.29, 1.82) is 0 Å². The number of allylic oxidation sites excluding steroid dienone is 1. The average Bonchev–Trinajstić information content (AvgIpc) is 2.94. The number of rotatable bonds is 4. The zero-order valence-corrected chi connectivity index (χ0v) is 15.1. The summed E-state index contributed by atoms with van der Waals surface area (Å²) in [6.45, 7) is 1.89. The van der Waals surface area contributed by atoms with E-state index in [0.717, 1.165) is 11.6 Å². The van der Waals surface area contributed by atoms with Gasteiger partial charge in [0.2, 0.25) is 5.96 Å². The Morgan fingerprint density at radius 1 is 1.04 bits per heavy atom. The molecular formula is C18H16N4O4S. The van der Waals surface area contributed by atoms with Gasteiger partial charge in [-0.3, -0.25) is 14.9 Å². The molecule has 0 spiro atoms. The van der Waals surface area contributed by atoms with E-state index in [1.807, 2.05) is 6.92 Å². The van der Waals surface area contributed by atoms with Gasteiger partial charge in [-0.2, -0.15) is 8.42 Å². The van der Waals surface area contributed by atoms with E-state index in [-0.39, 0.29) is 16.6 Å². The van der Waals surface area contributed by atoms with Gasteiger partial charge in [-0.1, -0.05) is 29.8 Å². The number of sulfonamides is 1. The minimum absolute atomic E-state index is 0.0755. The number of benzene rings is 2. The summed E-state index contributed by atoms with van der Waals surface area (Å²) in [4.78, 5) is 24.1. The lowest BCUT2D eigenvalue weighted by atomic mass is 10.1. The summed E-state index contributed by atoms with van der Waals surface area (Å²) in [5.41, 5.74) is 7.26. The maximum atomic E-state index is 12.3. The van der Waals surface area contributed by atoms with Gasteiger partial charge in [-0.25, -0.2) is 0 Å². The lowest BCUT2D eigenvalue weighted by Crippen LogP contribution is -2.26. The molecule has 0 radical (unpaired) electrons. The molecule has 1 saturated heterocycles. The second kappa shape index (κ2) is 7.04. The van der Waals surface area contributed by atoms with Crippen molar-refractivity contribution < 1.29 is 18.0 Å². The third kappa shape index (κ3) is 4.21. The van der Waals surface area contributed by atoms with Crippen LogP contribution in [0.3, 0.4) is 0 Å². The van der Waals surface area contributed by atoms with Crippen LogP contribution in [0.5, 0.6) is 0 Å². The summed E-state index contributed by atoms with van der Waals surface area (Å²) < 4.78 is 28.1. The van der Waals surface area contributed by atoms with E-state index < -0.39 is 21.7 Å². The van der Waals surface area contributed by atoms with E-state index in [1.165, 1.54) is 24.3 Å². The van der Waals surface area contributed by atoms with Gasteiger partial charge in [-0.15, -0.1) is 4.40 Å². The fourth-order valence-electron chi connectivity index (χ4n) is 2.28. The van der Waals surface area contributed by atoms with Crippen LogP contribution in [0.4, 0.5) is 5.69 Å². The Labute approximate surface area is 155 Å². The van der Waals surface area contributed by atoms with Crippen molar-refractivity contribution in [2.24, 2.45) is 4.40 Å². The number of carbonyl (C=O) groups excluding carboxylic acids is 2. The minimum atomic E-state index is -4.05. The van der Waals surface area contributed by atoms with Crippen molar-refractivity contribution in [2.75, 3.05) is 5.73 Å². The second-order valence-electron chi connectivity index (χ2n) is 5.85. The van der Waals surface area contributed by atoms with E-state index >= 15 is 0 Å². The van der Waals surface area contributed by atoms with Crippen LogP contribution < -0.4 is 16.4 Å². The Morgan fingerprint density at radius 2 is 1.67 bits per heavy atom. The second-order valence-corrected chi connectivity index (χ2v) is 7.46. The third-order valence-corrected chi connectivity index (χ3v) is 5.02. The zero-order valence-electron chi connectivity index (χ0n) is 14.3. The molecule has 0 atom stereocenters. The number of nitrogens with one attached hydrogen (secondary N) is 2. The van der Waals surface area contributed by atoms with Crippen molar-refractivity contribution in [2.45, 2.75) is 11.8 Å². The number of amides is 1. The zero-order chi connectivity index (χ0) is 19.6. The number of anilines is 1. The summed E-state index contributed by atoms with van der Waals surface area (Å²) in [6.07, 6.45) is 1.10. The normalized spacial score (nSPS) is 17.0. The molecule has 4 N–H and O–H groups in total. The first-order valence-corrected chi connectivity index (χ1v) is 9.30. The highest BCUT2D eigenvalue weighted by Crippen LogP contribution is 2.15. The molecule has 0 aromatic heterocycles. The van der Waals surface area contributed by atoms with Crippen LogP contribution in [0.15, 0.2) is 69.6 Å². The van der Waals surface area contributed by atoms with Gasteiger partial charge < -0.3 is 11.1 Å². The maximum absolute atomic E-state index is 12.3. The van der Waals surface area contributed by atoms with Gasteiger partial charge in [0.15, 0.2) is 5.78 Å². The van der Waals surface area contributed by atoms with Gasteiger partial charge in [0.1, 0.15) is 5.70 Å². The molecule has 27 heavy (non-hydrogen) atoms. The molecule has 1 heterocycles. The number of ketones is 1. The summed E-state index contributed by atoms with van der Waals surface area (Å²) in [6, 6.07) is 12.3. The summed E-state index contributed by atoms with van der Waals surface area (Å²) in [5.74, 6) is -1.32. The Balaban J connectivity index is 1.82. The lowest BCUT2D eigenvalue weighted by molar-refractivity contribution is -0.115. The fraction of sp³-hybridized carbons (Fsp3) is 0.0556. The number of hydrogen-bond acceptors (Lipinski definition) is 5. The average molecular weight is 384 g/mol. The number of aryl methyl sites for hydroxylation is 1. The molecule has 1 amide bonds. The van der Waals surface area contributed by atoms with Crippen LogP contribution in [0.1, 0.15) is 15.9 Å². The molecule has 0 unspecified atom stereocenters. The van der Waals surface area contributed by atoms with E-state index in [1.54, 1.807) is 24.3 Å². The standard InChI is InChI=1S/C18H16N4O4S/c1-11-2-4-12(5-3-11)16(23)10-15-17(24)21-18(20-15)22-27(25,26)14-8-6-13(19)7-9-14/h2-10H,19H2,1H3,(H2,20,21,22,24). The van der Waals surface area contributed by atoms with E-state index in [2.05, 4.69) is 15.0 Å². The SMILES string of the molecule is Cc1ccc(C(=O)C=C2N/C(=N/S(=O)(=O)c3ccc(N)cc3)NC2=O)cc1. The molecule has 0 aliphatic carbocycles. The molecule has 1 aliphatic heterocycles. The predicted octanol–water partition coefficient (Wildman–Crippen LogP) is 1.11. The first kappa shape index (κ1) is 18.3. The van der Waals surface area contributed by atoms with Gasteiger partial charge in [0.25, 0.3) is 15.9 Å². The Hall–Kier alpha value is -3.46. The van der Waals surface area contributed by atoms with Gasteiger partial charge in [-0.05, 0) is 31.2 Å². The molecule has 138 valence electrons. The van der Waals surface area contributed by atoms with Crippen molar-refractivity contribution in [3.05, 3.63) is 71.4 Å². The summed E-state index contributed by atoms with van der Waals surface area (Å²) >= 11 is 0. The molecule has 3 rings (SSSR count). The van der Waals surface area contributed by atoms with Crippen molar-refractivity contribution in [3.8, 4) is 0 Å². The molecule has 1 fully saturated rings. The van der Waals surface area contributed by atoms with Crippen LogP contribution in [0, 0.1) is 6.92 Å². The third-order valence-electron chi connectivity index (χ3n) is 3.73. The highest BCUT2D eigenvalue weighted by Gasteiger charge is 2.25. The summed E-state index contributed by atoms with van der Waals surface area (Å²) in [5, 5.41) is 4.80. The highest BCUT2D eigenvalue weighted by molar-refractivity contribution is 7.90. The van der Waals surface area contributed by atoms with E-state index in [9.17, 15) is 18.0 Å². The van der Waals surface area contributed by atoms with E-state index in [4.69, 9.17) is 5.73 Å². The van der Waals surface area contributed by atoms with Crippen molar-refractivity contribution >= 4 is 33.4 Å². The number of nitrogen functional groups attached to an aromatic ring is 1. The quantitative estimate of drug-likeness (QED) is 0.411. The highest BCUT2D eigenvalue weighted by atomic mass is 32.2. The Bertz CT molecular complexity index is 1070. The summed E-state index contributed by atoms with van der Waals surface area (Å²) in [7, 11) is -4.05. The Morgan fingerprint density at radius 3 is 2.30 bits per heavy atom. The van der Waals surface area contributed by atoms with Crippen molar-refractivity contribution in [1.82, 2.24) is 10.6 Å². The Kier molecular flexibility index (Phi) is 4.78. The molecule has 8 nitrogen and oxygen atoms in total. The smallest absolute Gasteiger partial charge is 0.285 e. The molecule has 9 heteroatoms. The van der Waals surface area contributed by atoms with Gasteiger partial charge >= 0.3 is 0 Å². The molecule has 0 saturated carbocycles. The van der Waals surface area contributed by atoms with Gasteiger partial charge in [0, 0.05) is 17.3 Å². The molecular weight excluding hydrogens is 368 g/mol. The number of carbonyl (C=O) groups is 2. The first-order valence-electron chi connectivity index (χ1n) is 7.86. The number of guanidine groups is 1. The molecule has 0 bridgehead atoms. The minimum Gasteiger partial charge on any atom is -0.399 e. The monoisotopic (exact) mass is 384 g/mol. The number of nitrogens with zero attached hydrogens (tertiary/aromatic N) is 1. The van der Waals surface area contributed by atoms with Crippen LogP contribution >= 0.6 is 0 Å².